The molecule has 11 heteroatoms. The van der Waals surface area contributed by atoms with Crippen molar-refractivity contribution in [2.24, 2.45) is 0 Å². The van der Waals surface area contributed by atoms with Gasteiger partial charge in [0.1, 0.15) is 12.0 Å². The van der Waals surface area contributed by atoms with Crippen LogP contribution in [0.3, 0.4) is 0 Å². The van der Waals surface area contributed by atoms with E-state index in [1.807, 2.05) is 29.8 Å². The lowest BCUT2D eigenvalue weighted by Crippen LogP contribution is -2.37. The van der Waals surface area contributed by atoms with Crippen LogP contribution < -0.4 is 15.8 Å². The number of benzene rings is 1. The molecule has 192 valence electrons. The molecule has 3 aromatic heterocycles. The molecule has 4 aromatic rings. The highest BCUT2D eigenvalue weighted by molar-refractivity contribution is 7.85. The Balaban J connectivity index is 1.16. The molecule has 1 aliphatic heterocycles. The second-order valence-electron chi connectivity index (χ2n) is 9.85. The minimum absolute atomic E-state index is 0.0133. The molecule has 1 aliphatic carbocycles. The smallest absolute Gasteiger partial charge is 0.252 e. The molecule has 0 bridgehead atoms. The van der Waals surface area contributed by atoms with Crippen LogP contribution in [0.1, 0.15) is 50.1 Å². The molecule has 2 aliphatic rings. The van der Waals surface area contributed by atoms with Gasteiger partial charge in [-0.3, -0.25) is 18.7 Å². The number of pyridine rings is 1. The van der Waals surface area contributed by atoms with Gasteiger partial charge in [0, 0.05) is 53.4 Å². The summed E-state index contributed by atoms with van der Waals surface area (Å²) in [5.74, 6) is 0.479. The standard InChI is InChI=1S/C26H30N8O2S/c1-17-14-23(35)34(20-4-2-3-5-20)24-22(17)15-27-25(31-24)30-18-6-8-19(9-7-18)33-12-10-21(11-13-33)37(36)26-28-16-29-32-26/h6-9,14-16,20-21H,2-5,10-13H2,1H3,(H,27,30,31)(H,28,29,32). The number of hydrogen-bond donors (Lipinski definition) is 2. The summed E-state index contributed by atoms with van der Waals surface area (Å²) in [7, 11) is -1.15. The maximum Gasteiger partial charge on any atom is 0.252 e. The maximum absolute atomic E-state index is 12.9. The number of rotatable bonds is 6. The molecule has 10 nitrogen and oxygen atoms in total. The van der Waals surface area contributed by atoms with Gasteiger partial charge in [0.2, 0.25) is 11.1 Å². The van der Waals surface area contributed by atoms with Gasteiger partial charge >= 0.3 is 0 Å². The van der Waals surface area contributed by atoms with Crippen molar-refractivity contribution in [3.8, 4) is 0 Å². The van der Waals surface area contributed by atoms with Gasteiger partial charge in [-0.15, -0.1) is 0 Å². The van der Waals surface area contributed by atoms with E-state index in [0.717, 1.165) is 73.9 Å². The number of aromatic nitrogens is 6. The minimum atomic E-state index is -1.15. The van der Waals surface area contributed by atoms with Crippen molar-refractivity contribution in [1.29, 1.82) is 0 Å². The quantitative estimate of drug-likeness (QED) is 0.395. The third kappa shape index (κ3) is 4.75. The summed E-state index contributed by atoms with van der Waals surface area (Å²) in [5.41, 5.74) is 3.63. The summed E-state index contributed by atoms with van der Waals surface area (Å²) in [6, 6.07) is 10.1. The molecule has 1 atom stereocenters. The number of hydrogen-bond acceptors (Lipinski definition) is 8. The van der Waals surface area contributed by atoms with Crippen LogP contribution in [0.2, 0.25) is 0 Å². The van der Waals surface area contributed by atoms with E-state index < -0.39 is 10.8 Å². The zero-order valence-corrected chi connectivity index (χ0v) is 21.6. The zero-order valence-electron chi connectivity index (χ0n) is 20.8. The number of nitrogens with zero attached hydrogens (tertiary/aromatic N) is 6. The number of nitrogens with one attached hydrogen (secondary N) is 2. The molecule has 4 heterocycles. The molecule has 1 saturated heterocycles. The highest BCUT2D eigenvalue weighted by Crippen LogP contribution is 2.31. The summed E-state index contributed by atoms with van der Waals surface area (Å²) in [5, 5.41) is 11.3. The van der Waals surface area contributed by atoms with Crippen LogP contribution >= 0.6 is 0 Å². The first-order valence-corrected chi connectivity index (χ1v) is 14.0. The number of piperidine rings is 1. The van der Waals surface area contributed by atoms with E-state index in [2.05, 4.69) is 42.5 Å². The summed E-state index contributed by atoms with van der Waals surface area (Å²) in [6.07, 6.45) is 9.19. The fraction of sp³-hybridized carbons (Fsp3) is 0.423. The average Bonchev–Trinajstić information content (AvgIpc) is 3.64. The number of aryl methyl sites for hydroxylation is 1. The molecule has 1 saturated carbocycles. The van der Waals surface area contributed by atoms with Crippen LogP contribution in [-0.2, 0) is 10.8 Å². The van der Waals surface area contributed by atoms with Gasteiger partial charge in [-0.25, -0.2) is 9.97 Å². The van der Waals surface area contributed by atoms with E-state index in [-0.39, 0.29) is 16.9 Å². The number of H-pyrrole nitrogens is 1. The Labute approximate surface area is 217 Å². The lowest BCUT2D eigenvalue weighted by Gasteiger charge is -2.32. The van der Waals surface area contributed by atoms with E-state index >= 15 is 0 Å². The van der Waals surface area contributed by atoms with Gasteiger partial charge < -0.3 is 10.2 Å². The van der Waals surface area contributed by atoms with Gasteiger partial charge in [0.15, 0.2) is 0 Å². The molecule has 2 fully saturated rings. The largest absolute Gasteiger partial charge is 0.371 e. The average molecular weight is 519 g/mol. The van der Waals surface area contributed by atoms with Crippen molar-refractivity contribution in [2.75, 3.05) is 23.3 Å². The van der Waals surface area contributed by atoms with Crippen molar-refractivity contribution in [2.45, 2.75) is 61.9 Å². The molecule has 0 spiro atoms. The second kappa shape index (κ2) is 10.0. The van der Waals surface area contributed by atoms with E-state index in [0.29, 0.717) is 16.8 Å². The summed E-state index contributed by atoms with van der Waals surface area (Å²) >= 11 is 0. The Bertz CT molecular complexity index is 1470. The van der Waals surface area contributed by atoms with E-state index in [4.69, 9.17) is 4.98 Å². The molecule has 2 N–H and O–H groups in total. The molecule has 0 radical (unpaired) electrons. The highest BCUT2D eigenvalue weighted by atomic mass is 32.2. The Kier molecular flexibility index (Phi) is 6.45. The number of anilines is 3. The summed E-state index contributed by atoms with van der Waals surface area (Å²) in [4.78, 5) is 28.5. The Morgan fingerprint density at radius 1 is 1.05 bits per heavy atom. The molecule has 1 aromatic carbocycles. The van der Waals surface area contributed by atoms with E-state index in [9.17, 15) is 9.00 Å². The van der Waals surface area contributed by atoms with Crippen molar-refractivity contribution in [3.05, 3.63) is 58.8 Å². The van der Waals surface area contributed by atoms with E-state index in [1.54, 1.807) is 6.07 Å². The second-order valence-corrected chi connectivity index (χ2v) is 11.5. The fourth-order valence-electron chi connectivity index (χ4n) is 5.51. The van der Waals surface area contributed by atoms with Crippen LogP contribution in [0.5, 0.6) is 0 Å². The third-order valence-electron chi connectivity index (χ3n) is 7.51. The first-order valence-electron chi connectivity index (χ1n) is 12.8. The maximum atomic E-state index is 12.9. The summed E-state index contributed by atoms with van der Waals surface area (Å²) in [6.45, 7) is 3.61. The fourth-order valence-corrected chi connectivity index (χ4v) is 6.76. The Morgan fingerprint density at radius 3 is 2.51 bits per heavy atom. The molecule has 1 unspecified atom stereocenters. The predicted molar refractivity (Wildman–Crippen MR) is 144 cm³/mol. The van der Waals surface area contributed by atoms with Crippen molar-refractivity contribution in [3.63, 3.8) is 0 Å². The van der Waals surface area contributed by atoms with Crippen LogP contribution in [0.4, 0.5) is 17.3 Å². The first-order chi connectivity index (χ1) is 18.1. The van der Waals surface area contributed by atoms with Gasteiger partial charge in [-0.05, 0) is 62.4 Å². The van der Waals surface area contributed by atoms with Crippen LogP contribution in [0.25, 0.3) is 11.0 Å². The Hall–Kier alpha value is -3.60. The molecular weight excluding hydrogens is 488 g/mol. The predicted octanol–water partition coefficient (Wildman–Crippen LogP) is 3.85. The SMILES string of the molecule is Cc1cc(=O)n(C2CCCC2)c2nc(Nc3ccc(N4CCC(S(=O)c5ncn[nH]5)CC4)cc3)ncc12. The number of aromatic amines is 1. The third-order valence-corrected chi connectivity index (χ3v) is 9.16. The molecule has 0 amide bonds. The van der Waals surface area contributed by atoms with Gasteiger partial charge in [-0.2, -0.15) is 10.1 Å². The van der Waals surface area contributed by atoms with Crippen molar-refractivity contribution >= 4 is 39.2 Å². The van der Waals surface area contributed by atoms with Gasteiger partial charge in [0.25, 0.3) is 5.56 Å². The van der Waals surface area contributed by atoms with Crippen LogP contribution in [0.15, 0.2) is 52.8 Å². The van der Waals surface area contributed by atoms with Crippen molar-refractivity contribution in [1.82, 2.24) is 29.7 Å². The topological polar surface area (TPSA) is 122 Å². The molecule has 6 rings (SSSR count). The summed E-state index contributed by atoms with van der Waals surface area (Å²) < 4.78 is 14.5. The number of fused-ring (bicyclic) bond motifs is 1. The lowest BCUT2D eigenvalue weighted by atomic mass is 10.1. The molecular formula is C26H30N8O2S. The highest BCUT2D eigenvalue weighted by Gasteiger charge is 2.26. The normalized spacial score (nSPS) is 17.9. The van der Waals surface area contributed by atoms with Crippen molar-refractivity contribution < 1.29 is 4.21 Å². The van der Waals surface area contributed by atoms with E-state index in [1.165, 1.54) is 6.33 Å². The first kappa shape index (κ1) is 23.8. The van der Waals surface area contributed by atoms with Crippen LogP contribution in [0, 0.1) is 6.92 Å². The monoisotopic (exact) mass is 518 g/mol. The lowest BCUT2D eigenvalue weighted by molar-refractivity contribution is 0.515. The molecule has 37 heavy (non-hydrogen) atoms. The minimum Gasteiger partial charge on any atom is -0.371 e. The van der Waals surface area contributed by atoms with Crippen LogP contribution in [-0.4, -0.2) is 52.3 Å². The zero-order chi connectivity index (χ0) is 25.4. The van der Waals surface area contributed by atoms with Gasteiger partial charge in [-0.1, -0.05) is 12.8 Å². The Morgan fingerprint density at radius 2 is 1.81 bits per heavy atom. The van der Waals surface area contributed by atoms with Gasteiger partial charge in [0.05, 0.1) is 10.8 Å².